The van der Waals surface area contributed by atoms with Gasteiger partial charge < -0.3 is 70.5 Å². The number of aromatic nitrogens is 12. The molecule has 0 aliphatic carbocycles. The Balaban J connectivity index is 0.909. The Morgan fingerprint density at radius 1 is 0.627 bits per heavy atom. The lowest BCUT2D eigenvalue weighted by molar-refractivity contribution is -0.0641. The molecule has 0 spiro atoms. The topological polar surface area (TPSA) is 447 Å². The number of hydrogen-bond acceptors (Lipinski definition) is 26. The van der Waals surface area contributed by atoms with Crippen molar-refractivity contribution >= 4 is 85.1 Å². The fourth-order valence-electron chi connectivity index (χ4n) is 7.79. The number of ether oxygens (including phenoxy) is 4. The van der Waals surface area contributed by atoms with Gasteiger partial charge in [-0.15, -0.1) is 0 Å². The van der Waals surface area contributed by atoms with E-state index in [9.17, 15) is 38.9 Å². The number of aliphatic hydroxyl groups excluding tert-OH is 2. The van der Waals surface area contributed by atoms with E-state index in [1.807, 2.05) is 0 Å². The van der Waals surface area contributed by atoms with E-state index in [0.29, 0.717) is 0 Å². The molecule has 3 fully saturated rings. The Labute approximate surface area is 379 Å². The van der Waals surface area contributed by atoms with Crippen molar-refractivity contribution in [1.29, 1.82) is 0 Å². The molecule has 0 radical (unpaired) electrons. The van der Waals surface area contributed by atoms with Crippen LogP contribution < -0.4 is 17.2 Å². The molecule has 362 valence electrons. The maximum atomic E-state index is 13.8. The van der Waals surface area contributed by atoms with E-state index in [4.69, 9.17) is 58.8 Å². The third-order valence-electron chi connectivity index (χ3n) is 10.8. The van der Waals surface area contributed by atoms with Crippen LogP contribution in [0.4, 0.5) is 17.5 Å². The number of anilines is 3. The molecule has 9 heterocycles. The zero-order chi connectivity index (χ0) is 47.6. The quantitative estimate of drug-likeness (QED) is 0.0460. The summed E-state index contributed by atoms with van der Waals surface area (Å²) in [6.45, 7) is -6.23. The predicted octanol–water partition coefficient (Wildman–Crippen LogP) is -1.70. The Bertz CT molecular complexity index is 2930. The number of imidazole rings is 3. The molecule has 3 aliphatic rings. The Morgan fingerprint density at radius 2 is 1.10 bits per heavy atom. The summed E-state index contributed by atoms with van der Waals surface area (Å²) >= 11 is 4.58. The van der Waals surface area contributed by atoms with Crippen LogP contribution in [0.3, 0.4) is 0 Å². The molecule has 13 atom stereocenters. The van der Waals surface area contributed by atoms with Gasteiger partial charge in [-0.3, -0.25) is 31.8 Å². The van der Waals surface area contributed by atoms with Crippen LogP contribution in [-0.4, -0.2) is 164 Å². The van der Waals surface area contributed by atoms with E-state index in [1.54, 1.807) is 0 Å². The Morgan fingerprint density at radius 3 is 1.64 bits per heavy atom. The van der Waals surface area contributed by atoms with Gasteiger partial charge in [-0.25, -0.2) is 54.0 Å². The van der Waals surface area contributed by atoms with Crippen LogP contribution in [0, 0.1) is 0 Å². The molecule has 6 aromatic heterocycles. The fourth-order valence-corrected chi connectivity index (χ4v) is 10.2. The number of methoxy groups -OCH3 is 1. The zero-order valence-corrected chi connectivity index (χ0v) is 37.7. The minimum atomic E-state index is -5.18. The lowest BCUT2D eigenvalue weighted by Gasteiger charge is -2.26. The SMILES string of the molecule is CO[C@H]1[C@@H](OP(=O)(O)OC[C@@H]2C[C@@H](OP(=O)(O)OC[C@H]3O[C@@H](n4cnc5c(N)ncnc54)[C@H](O)[C@@H]3O)[C@H](n3cnc4c(N)ncnc43)O2)[C@H](n2cnc3c(N)ncnc32)O[C@@H]1COP(O)(O)=S. The van der Waals surface area contributed by atoms with Crippen molar-refractivity contribution in [2.24, 2.45) is 0 Å². The second-order valence-corrected chi connectivity index (χ2v) is 20.5. The van der Waals surface area contributed by atoms with Crippen molar-refractivity contribution in [3.05, 3.63) is 38.0 Å². The van der Waals surface area contributed by atoms with E-state index in [1.165, 1.54) is 46.1 Å². The normalized spacial score (nSPS) is 29.9. The van der Waals surface area contributed by atoms with Gasteiger partial charge >= 0.3 is 22.4 Å². The summed E-state index contributed by atoms with van der Waals surface area (Å²) in [5.41, 5.74) is 18.8. The Hall–Kier alpha value is -4.44. The summed E-state index contributed by atoms with van der Waals surface area (Å²) in [5, 5.41) is 21.7. The van der Waals surface area contributed by atoms with Gasteiger partial charge in [0.05, 0.1) is 44.9 Å². The number of nitrogens with zero attached hydrogens (tertiary/aromatic N) is 12. The first-order valence-electron chi connectivity index (χ1n) is 19.5. The number of phosphoric acid groups is 2. The van der Waals surface area contributed by atoms with Gasteiger partial charge in [0.15, 0.2) is 53.1 Å². The monoisotopic (exact) mass is 1020 g/mol. The van der Waals surface area contributed by atoms with Gasteiger partial charge in [0.25, 0.3) is 0 Å². The largest absolute Gasteiger partial charge is 0.472 e. The lowest BCUT2D eigenvalue weighted by atomic mass is 10.1. The molecular weight excluding hydrogens is 979 g/mol. The summed E-state index contributed by atoms with van der Waals surface area (Å²) in [6.07, 6.45) is -8.13. The average molecular weight is 1020 g/mol. The van der Waals surface area contributed by atoms with Crippen molar-refractivity contribution in [2.45, 2.75) is 73.9 Å². The maximum Gasteiger partial charge on any atom is 0.472 e. The lowest BCUT2D eigenvalue weighted by Crippen LogP contribution is -2.37. The van der Waals surface area contributed by atoms with E-state index in [0.717, 1.165) is 12.7 Å². The summed E-state index contributed by atoms with van der Waals surface area (Å²) in [6, 6.07) is 0. The maximum absolute atomic E-state index is 13.8. The number of aliphatic hydroxyl groups is 2. The van der Waals surface area contributed by atoms with E-state index in [-0.39, 0.29) is 57.4 Å². The summed E-state index contributed by atoms with van der Waals surface area (Å²) in [5.74, 6) is 0.0692. The van der Waals surface area contributed by atoms with Crippen molar-refractivity contribution in [2.75, 3.05) is 44.1 Å². The first kappa shape index (κ1) is 47.6. The third-order valence-corrected chi connectivity index (χ3v) is 13.6. The molecule has 2 unspecified atom stereocenters. The summed E-state index contributed by atoms with van der Waals surface area (Å²) in [4.78, 5) is 78.5. The van der Waals surface area contributed by atoms with Crippen molar-refractivity contribution in [3.8, 4) is 0 Å². The minimum absolute atomic E-state index is 0.00124. The minimum Gasteiger partial charge on any atom is -0.387 e. The number of phosphoric ester groups is 2. The highest BCUT2D eigenvalue weighted by molar-refractivity contribution is 8.06. The first-order chi connectivity index (χ1) is 31.8. The summed E-state index contributed by atoms with van der Waals surface area (Å²) in [7, 11) is -9.07. The van der Waals surface area contributed by atoms with Gasteiger partial charge in [0.2, 0.25) is 0 Å². The average Bonchev–Trinajstić information content (AvgIpc) is 4.13. The molecule has 32 nitrogen and oxygen atoms in total. The first-order valence-corrected chi connectivity index (χ1v) is 25.1. The van der Waals surface area contributed by atoms with Gasteiger partial charge in [0, 0.05) is 13.5 Å². The number of nitrogens with two attached hydrogens (primary N) is 3. The van der Waals surface area contributed by atoms with Crippen LogP contribution in [0.5, 0.6) is 0 Å². The van der Waals surface area contributed by atoms with Gasteiger partial charge in [0.1, 0.15) is 78.3 Å². The highest BCUT2D eigenvalue weighted by atomic mass is 32.5. The van der Waals surface area contributed by atoms with Crippen LogP contribution in [0.25, 0.3) is 33.5 Å². The molecular formula is C31H40N15O17P3S. The molecule has 36 heteroatoms. The number of rotatable bonds is 17. The van der Waals surface area contributed by atoms with Crippen LogP contribution in [-0.2, 0) is 62.5 Å². The molecule has 0 saturated carbocycles. The van der Waals surface area contributed by atoms with Crippen LogP contribution in [0.15, 0.2) is 38.0 Å². The standard InChI is InChI=1S/C31H40N15O17P3S/c1-55-21-15(5-58-66(53,54)67)61-31(46-11-43-18-25(34)37-8-40-28(18)46)22(21)63-65(51,52)56-3-12-2-13(29(59-12)44-9-41-16-23(32)35-6-38-26(16)44)62-64(49,50)57-4-14-19(47)20(48)30(60-14)45-10-42-17-24(33)36-7-39-27(17)45/h6-15,19-22,29-31,47-48H,2-5H2,1H3,(H,49,50)(H,51,52)(H2,32,35,38)(H2,33,36,39)(H2,34,37,40)(H2,53,54,67)/t12-,13+,14+,15+,19+,20+,21+,22+,29+,30+,31+/m0/s1. The van der Waals surface area contributed by atoms with Gasteiger partial charge in [-0.05, 0) is 11.8 Å². The molecule has 3 aliphatic heterocycles. The molecule has 6 aromatic rings. The van der Waals surface area contributed by atoms with Crippen LogP contribution >= 0.6 is 22.4 Å². The third kappa shape index (κ3) is 9.63. The van der Waals surface area contributed by atoms with Crippen molar-refractivity contribution in [3.63, 3.8) is 0 Å². The molecule has 0 bridgehead atoms. The van der Waals surface area contributed by atoms with E-state index in [2.05, 4.69) is 56.7 Å². The molecule has 12 N–H and O–H groups in total. The zero-order valence-electron chi connectivity index (χ0n) is 34.2. The van der Waals surface area contributed by atoms with Crippen molar-refractivity contribution in [1.82, 2.24) is 58.6 Å². The summed E-state index contributed by atoms with van der Waals surface area (Å²) < 4.78 is 82.1. The Kier molecular flexibility index (Phi) is 13.1. The molecule has 0 aromatic carbocycles. The molecule has 3 saturated heterocycles. The van der Waals surface area contributed by atoms with Crippen LogP contribution in [0.1, 0.15) is 25.1 Å². The molecule has 9 rings (SSSR count). The molecule has 67 heavy (non-hydrogen) atoms. The second-order valence-electron chi connectivity index (χ2n) is 15.0. The van der Waals surface area contributed by atoms with Crippen LogP contribution in [0.2, 0.25) is 0 Å². The fraction of sp³-hybridized carbons (Fsp3) is 0.516. The molecule has 0 amide bonds. The second kappa shape index (κ2) is 18.5. The van der Waals surface area contributed by atoms with Gasteiger partial charge in [-0.2, -0.15) is 0 Å². The van der Waals surface area contributed by atoms with E-state index < -0.39 is 110 Å². The number of hydrogen-bond donors (Lipinski definition) is 9. The predicted molar refractivity (Wildman–Crippen MR) is 224 cm³/mol. The highest BCUT2D eigenvalue weighted by Crippen LogP contribution is 2.53. The van der Waals surface area contributed by atoms with Crippen molar-refractivity contribution < 1.29 is 80.5 Å². The number of nitrogen functional groups attached to an aromatic ring is 3. The number of fused-ring (bicyclic) bond motifs is 3. The highest BCUT2D eigenvalue weighted by Gasteiger charge is 2.52. The van der Waals surface area contributed by atoms with Gasteiger partial charge in [-0.1, -0.05) is 0 Å². The van der Waals surface area contributed by atoms with E-state index >= 15 is 0 Å². The smallest absolute Gasteiger partial charge is 0.387 e.